The maximum atomic E-state index is 13.6. The summed E-state index contributed by atoms with van der Waals surface area (Å²) in [7, 11) is 0. The highest BCUT2D eigenvalue weighted by molar-refractivity contribution is 8.04. The zero-order valence-electron chi connectivity index (χ0n) is 20.9. The van der Waals surface area contributed by atoms with Gasteiger partial charge in [0.05, 0.1) is 4.91 Å². The summed E-state index contributed by atoms with van der Waals surface area (Å²) in [4.78, 5) is 29.2. The highest BCUT2D eigenvalue weighted by atomic mass is 35.5. The SMILES string of the molecule is CC1CCC(NC(=O)c2ccc(/C=C3/SC4CCCCC4N(Cc4cccc(Cl)c4)C3=O)cc2)CC1. The van der Waals surface area contributed by atoms with Crippen molar-refractivity contribution in [2.24, 2.45) is 5.92 Å². The van der Waals surface area contributed by atoms with Gasteiger partial charge in [0.2, 0.25) is 0 Å². The van der Waals surface area contributed by atoms with Gasteiger partial charge >= 0.3 is 0 Å². The summed E-state index contributed by atoms with van der Waals surface area (Å²) in [5.74, 6) is 0.849. The summed E-state index contributed by atoms with van der Waals surface area (Å²) in [6.07, 6.45) is 11.0. The fourth-order valence-corrected chi connectivity index (χ4v) is 7.43. The first kappa shape index (κ1) is 25.4. The van der Waals surface area contributed by atoms with Crippen LogP contribution in [-0.2, 0) is 11.3 Å². The second kappa shape index (κ2) is 11.4. The minimum atomic E-state index is -0.00498. The first-order valence-electron chi connectivity index (χ1n) is 13.3. The van der Waals surface area contributed by atoms with Crippen LogP contribution in [0.2, 0.25) is 5.02 Å². The van der Waals surface area contributed by atoms with Crippen molar-refractivity contribution in [3.63, 3.8) is 0 Å². The Hall–Kier alpha value is -2.24. The smallest absolute Gasteiger partial charge is 0.260 e. The molecule has 1 saturated heterocycles. The van der Waals surface area contributed by atoms with E-state index in [2.05, 4.69) is 17.1 Å². The molecule has 1 heterocycles. The Morgan fingerprint density at radius 2 is 1.81 bits per heavy atom. The average Bonchev–Trinajstić information content (AvgIpc) is 2.88. The number of benzene rings is 2. The largest absolute Gasteiger partial charge is 0.349 e. The second-order valence-electron chi connectivity index (χ2n) is 10.6. The second-order valence-corrected chi connectivity index (χ2v) is 12.3. The number of carbonyl (C=O) groups excluding carboxylic acids is 2. The van der Waals surface area contributed by atoms with Crippen molar-refractivity contribution in [1.29, 1.82) is 0 Å². The molecule has 190 valence electrons. The third kappa shape index (κ3) is 6.00. The fourth-order valence-electron chi connectivity index (χ4n) is 5.75. The molecule has 3 aliphatic rings. The molecule has 4 nitrogen and oxygen atoms in total. The Kier molecular flexibility index (Phi) is 8.07. The van der Waals surface area contributed by atoms with E-state index in [-0.39, 0.29) is 23.9 Å². The lowest BCUT2D eigenvalue weighted by atomic mass is 9.87. The molecule has 2 saturated carbocycles. The van der Waals surface area contributed by atoms with Crippen LogP contribution in [-0.4, -0.2) is 34.0 Å². The number of hydrogen-bond donors (Lipinski definition) is 1. The van der Waals surface area contributed by atoms with Crippen molar-refractivity contribution in [2.45, 2.75) is 82.2 Å². The van der Waals surface area contributed by atoms with E-state index in [9.17, 15) is 9.59 Å². The highest BCUT2D eigenvalue weighted by Gasteiger charge is 2.40. The highest BCUT2D eigenvalue weighted by Crippen LogP contribution is 2.42. The first-order chi connectivity index (χ1) is 17.5. The average molecular weight is 523 g/mol. The van der Waals surface area contributed by atoms with Crippen molar-refractivity contribution in [1.82, 2.24) is 10.2 Å². The zero-order chi connectivity index (χ0) is 25.1. The number of rotatable bonds is 5. The number of nitrogens with one attached hydrogen (secondary N) is 1. The minimum absolute atomic E-state index is 0.00498. The lowest BCUT2D eigenvalue weighted by Crippen LogP contribution is -2.50. The van der Waals surface area contributed by atoms with Crippen molar-refractivity contribution < 1.29 is 9.59 Å². The Bertz CT molecular complexity index is 1120. The van der Waals surface area contributed by atoms with E-state index in [0.29, 0.717) is 22.4 Å². The van der Waals surface area contributed by atoms with E-state index in [4.69, 9.17) is 11.6 Å². The molecule has 36 heavy (non-hydrogen) atoms. The lowest BCUT2D eigenvalue weighted by molar-refractivity contribution is -0.130. The molecule has 2 aromatic rings. The molecule has 2 amide bonds. The Labute approximate surface area is 223 Å². The summed E-state index contributed by atoms with van der Waals surface area (Å²) >= 11 is 7.95. The van der Waals surface area contributed by atoms with Gasteiger partial charge in [-0.25, -0.2) is 0 Å². The van der Waals surface area contributed by atoms with Gasteiger partial charge in [0, 0.05) is 34.5 Å². The molecule has 5 rings (SSSR count). The van der Waals surface area contributed by atoms with Gasteiger partial charge in [0.1, 0.15) is 0 Å². The standard InChI is InChI=1S/C30H35ClN2O2S/c1-20-9-15-25(16-10-20)32-29(34)23-13-11-21(12-14-23)18-28-30(35)33(19-22-5-4-6-24(31)17-22)26-7-2-3-8-27(26)36-28/h4-6,11-14,17-18,20,25-27H,2-3,7-10,15-16,19H2,1H3,(H,32,34)/b28-18+. The van der Waals surface area contributed by atoms with Crippen LogP contribution in [0, 0.1) is 5.92 Å². The summed E-state index contributed by atoms with van der Waals surface area (Å²) in [6.45, 7) is 2.86. The maximum absolute atomic E-state index is 13.6. The summed E-state index contributed by atoms with van der Waals surface area (Å²) in [5, 5.41) is 4.32. The monoisotopic (exact) mass is 522 g/mol. The summed E-state index contributed by atoms with van der Waals surface area (Å²) in [5.41, 5.74) is 2.69. The third-order valence-electron chi connectivity index (χ3n) is 7.88. The van der Waals surface area contributed by atoms with Gasteiger partial charge in [-0.3, -0.25) is 9.59 Å². The molecule has 2 aromatic carbocycles. The molecule has 1 aliphatic heterocycles. The molecule has 2 atom stereocenters. The van der Waals surface area contributed by atoms with Crippen LogP contribution in [0.15, 0.2) is 53.4 Å². The van der Waals surface area contributed by atoms with Crippen LogP contribution >= 0.6 is 23.4 Å². The first-order valence-corrected chi connectivity index (χ1v) is 14.6. The van der Waals surface area contributed by atoms with Gasteiger partial charge in [0.25, 0.3) is 11.8 Å². The van der Waals surface area contributed by atoms with Crippen molar-refractivity contribution in [3.05, 3.63) is 75.1 Å². The molecule has 0 spiro atoms. The van der Waals surface area contributed by atoms with Gasteiger partial charge in [0.15, 0.2) is 0 Å². The molecular weight excluding hydrogens is 488 g/mol. The van der Waals surface area contributed by atoms with Gasteiger partial charge in [-0.2, -0.15) is 0 Å². The van der Waals surface area contributed by atoms with E-state index in [1.165, 1.54) is 25.7 Å². The summed E-state index contributed by atoms with van der Waals surface area (Å²) < 4.78 is 0. The fraction of sp³-hybridized carbons (Fsp3) is 0.467. The number of thioether (sulfide) groups is 1. The van der Waals surface area contributed by atoms with Crippen LogP contribution in [0.4, 0.5) is 0 Å². The number of halogens is 1. The van der Waals surface area contributed by atoms with Gasteiger partial charge in [-0.1, -0.05) is 55.6 Å². The number of nitrogens with zero attached hydrogens (tertiary/aromatic N) is 1. The maximum Gasteiger partial charge on any atom is 0.260 e. The molecule has 0 bridgehead atoms. The molecule has 3 fully saturated rings. The predicted molar refractivity (Wildman–Crippen MR) is 149 cm³/mol. The van der Waals surface area contributed by atoms with E-state index < -0.39 is 0 Å². The van der Waals surface area contributed by atoms with Crippen LogP contribution in [0.5, 0.6) is 0 Å². The van der Waals surface area contributed by atoms with Crippen molar-refractivity contribution in [3.8, 4) is 0 Å². The lowest BCUT2D eigenvalue weighted by Gasteiger charge is -2.44. The molecule has 0 aromatic heterocycles. The normalized spacial score (nSPS) is 27.6. The molecule has 2 aliphatic carbocycles. The number of hydrogen-bond acceptors (Lipinski definition) is 3. The predicted octanol–water partition coefficient (Wildman–Crippen LogP) is 7.08. The van der Waals surface area contributed by atoms with Gasteiger partial charge in [-0.05, 0) is 85.9 Å². The molecule has 0 radical (unpaired) electrons. The summed E-state index contributed by atoms with van der Waals surface area (Å²) in [6, 6.07) is 16.0. The Balaban J connectivity index is 1.30. The number of amides is 2. The minimum Gasteiger partial charge on any atom is -0.349 e. The van der Waals surface area contributed by atoms with Crippen LogP contribution in [0.3, 0.4) is 0 Å². The topological polar surface area (TPSA) is 49.4 Å². The number of carbonyl (C=O) groups is 2. The van der Waals surface area contributed by atoms with Crippen molar-refractivity contribution >= 4 is 41.3 Å². The van der Waals surface area contributed by atoms with E-state index in [1.807, 2.05) is 54.6 Å². The number of fused-ring (bicyclic) bond motifs is 1. The Morgan fingerprint density at radius 3 is 2.56 bits per heavy atom. The molecule has 6 heteroatoms. The quantitative estimate of drug-likeness (QED) is 0.427. The van der Waals surface area contributed by atoms with Crippen LogP contribution in [0.1, 0.15) is 79.8 Å². The third-order valence-corrected chi connectivity index (χ3v) is 9.52. The molecule has 1 N–H and O–H groups in total. The molecule has 2 unspecified atom stereocenters. The Morgan fingerprint density at radius 1 is 1.06 bits per heavy atom. The van der Waals surface area contributed by atoms with Gasteiger partial charge in [-0.15, -0.1) is 11.8 Å². The zero-order valence-corrected chi connectivity index (χ0v) is 22.5. The van der Waals surface area contributed by atoms with E-state index in [0.717, 1.165) is 47.6 Å². The molecular formula is C30H35ClN2O2S. The van der Waals surface area contributed by atoms with E-state index >= 15 is 0 Å². The van der Waals surface area contributed by atoms with E-state index in [1.54, 1.807) is 11.8 Å². The van der Waals surface area contributed by atoms with Crippen molar-refractivity contribution in [2.75, 3.05) is 0 Å². The van der Waals surface area contributed by atoms with Crippen LogP contribution in [0.25, 0.3) is 6.08 Å². The van der Waals surface area contributed by atoms with Crippen LogP contribution < -0.4 is 5.32 Å². The van der Waals surface area contributed by atoms with Gasteiger partial charge < -0.3 is 10.2 Å².